The first-order valence-corrected chi connectivity index (χ1v) is 7.59. The smallest absolute Gasteiger partial charge is 0.0480 e. The zero-order valence-electron chi connectivity index (χ0n) is 12.0. The lowest BCUT2D eigenvalue weighted by atomic mass is 9.96. The van der Waals surface area contributed by atoms with E-state index in [-0.39, 0.29) is 0 Å². The van der Waals surface area contributed by atoms with E-state index in [1.54, 1.807) is 0 Å². The minimum atomic E-state index is 0.699. The quantitative estimate of drug-likeness (QED) is 0.808. The molecule has 0 bridgehead atoms. The van der Waals surface area contributed by atoms with Gasteiger partial charge in [-0.15, -0.1) is 0 Å². The van der Waals surface area contributed by atoms with Crippen molar-refractivity contribution in [3.05, 3.63) is 36.5 Å². The fourth-order valence-electron chi connectivity index (χ4n) is 3.63. The lowest BCUT2D eigenvalue weighted by molar-refractivity contribution is 0.0887. The molecule has 2 unspecified atom stereocenters. The highest BCUT2D eigenvalue weighted by Gasteiger charge is 2.26. The van der Waals surface area contributed by atoms with Crippen molar-refractivity contribution in [2.45, 2.75) is 51.7 Å². The van der Waals surface area contributed by atoms with Crippen LogP contribution >= 0.6 is 0 Å². The number of hydrogen-bond donors (Lipinski definition) is 0. The van der Waals surface area contributed by atoms with Gasteiger partial charge < -0.3 is 4.57 Å². The van der Waals surface area contributed by atoms with Crippen LogP contribution in [0.1, 0.15) is 33.1 Å². The molecule has 0 saturated carbocycles. The van der Waals surface area contributed by atoms with Crippen LogP contribution in [0.15, 0.2) is 36.5 Å². The largest absolute Gasteiger partial charge is 0.346 e. The van der Waals surface area contributed by atoms with Gasteiger partial charge in [0.05, 0.1) is 0 Å². The summed E-state index contributed by atoms with van der Waals surface area (Å²) < 4.78 is 2.43. The molecule has 19 heavy (non-hydrogen) atoms. The van der Waals surface area contributed by atoms with Crippen molar-refractivity contribution in [3.63, 3.8) is 0 Å². The molecule has 0 spiro atoms. The summed E-state index contributed by atoms with van der Waals surface area (Å²) in [5, 5.41) is 1.36. The van der Waals surface area contributed by atoms with Crippen molar-refractivity contribution in [2.75, 3.05) is 6.54 Å². The highest BCUT2D eigenvalue weighted by molar-refractivity contribution is 5.79. The zero-order valence-corrected chi connectivity index (χ0v) is 12.0. The van der Waals surface area contributed by atoms with Crippen LogP contribution in [0.3, 0.4) is 0 Å². The number of likely N-dealkylation sites (N-methyl/N-ethyl adjacent to an activating group) is 1. The van der Waals surface area contributed by atoms with Crippen molar-refractivity contribution in [3.8, 4) is 0 Å². The van der Waals surface area contributed by atoms with Gasteiger partial charge >= 0.3 is 0 Å². The SMILES string of the molecule is CCN1C(C)CCCC1Cn1ccc2ccccc21. The Hall–Kier alpha value is -1.28. The van der Waals surface area contributed by atoms with Crippen molar-refractivity contribution < 1.29 is 0 Å². The van der Waals surface area contributed by atoms with E-state index >= 15 is 0 Å². The third-order valence-electron chi connectivity index (χ3n) is 4.65. The second-order valence-corrected chi connectivity index (χ2v) is 5.79. The van der Waals surface area contributed by atoms with Gasteiger partial charge in [-0.1, -0.05) is 31.5 Å². The van der Waals surface area contributed by atoms with E-state index < -0.39 is 0 Å². The molecule has 1 aromatic heterocycles. The predicted octanol–water partition coefficient (Wildman–Crippen LogP) is 3.90. The minimum absolute atomic E-state index is 0.699. The summed E-state index contributed by atoms with van der Waals surface area (Å²) in [5.41, 5.74) is 1.37. The van der Waals surface area contributed by atoms with E-state index in [9.17, 15) is 0 Å². The first-order chi connectivity index (χ1) is 9.29. The molecule has 2 aromatic rings. The van der Waals surface area contributed by atoms with Gasteiger partial charge in [0.1, 0.15) is 0 Å². The number of aromatic nitrogens is 1. The molecule has 2 heteroatoms. The predicted molar refractivity (Wildman–Crippen MR) is 81.4 cm³/mol. The zero-order chi connectivity index (χ0) is 13.2. The Morgan fingerprint density at radius 3 is 2.84 bits per heavy atom. The van der Waals surface area contributed by atoms with E-state index in [4.69, 9.17) is 0 Å². The van der Waals surface area contributed by atoms with E-state index in [2.05, 4.69) is 59.8 Å². The van der Waals surface area contributed by atoms with Gasteiger partial charge in [0, 0.05) is 30.3 Å². The maximum atomic E-state index is 2.68. The minimum Gasteiger partial charge on any atom is -0.346 e. The third-order valence-corrected chi connectivity index (χ3v) is 4.65. The van der Waals surface area contributed by atoms with E-state index in [1.165, 1.54) is 36.7 Å². The Morgan fingerprint density at radius 2 is 2.00 bits per heavy atom. The van der Waals surface area contributed by atoms with Gasteiger partial charge in [-0.3, -0.25) is 4.90 Å². The molecule has 1 aliphatic rings. The molecule has 1 fully saturated rings. The molecule has 0 amide bonds. The molecular weight excluding hydrogens is 232 g/mol. The summed E-state index contributed by atoms with van der Waals surface area (Å²) in [4.78, 5) is 2.68. The number of likely N-dealkylation sites (tertiary alicyclic amines) is 1. The number of para-hydroxylation sites is 1. The fourth-order valence-corrected chi connectivity index (χ4v) is 3.63. The Labute approximate surface area is 116 Å². The average molecular weight is 256 g/mol. The summed E-state index contributed by atoms with van der Waals surface area (Å²) in [5.74, 6) is 0. The van der Waals surface area contributed by atoms with Gasteiger partial charge in [-0.25, -0.2) is 0 Å². The Morgan fingerprint density at radius 1 is 1.16 bits per heavy atom. The van der Waals surface area contributed by atoms with Crippen LogP contribution in [-0.4, -0.2) is 28.1 Å². The second-order valence-electron chi connectivity index (χ2n) is 5.79. The maximum Gasteiger partial charge on any atom is 0.0480 e. The molecule has 102 valence electrons. The van der Waals surface area contributed by atoms with E-state index in [0.717, 1.165) is 12.6 Å². The van der Waals surface area contributed by atoms with E-state index in [1.807, 2.05) is 0 Å². The summed E-state index contributed by atoms with van der Waals surface area (Å²) in [7, 11) is 0. The van der Waals surface area contributed by atoms with Crippen LogP contribution in [0.4, 0.5) is 0 Å². The highest BCUT2D eigenvalue weighted by atomic mass is 15.2. The molecule has 1 aliphatic heterocycles. The standard InChI is InChI=1S/C17H24N2/c1-3-19-14(2)7-6-9-16(19)13-18-12-11-15-8-4-5-10-17(15)18/h4-5,8,10-12,14,16H,3,6-7,9,13H2,1-2H3. The lowest BCUT2D eigenvalue weighted by Crippen LogP contribution is -2.46. The Balaban J connectivity index is 1.83. The number of hydrogen-bond acceptors (Lipinski definition) is 1. The van der Waals surface area contributed by atoms with Crippen LogP contribution in [0, 0.1) is 0 Å². The number of nitrogens with zero attached hydrogens (tertiary/aromatic N) is 2. The molecule has 0 radical (unpaired) electrons. The number of benzene rings is 1. The molecular formula is C17H24N2. The number of fused-ring (bicyclic) bond motifs is 1. The van der Waals surface area contributed by atoms with Crippen molar-refractivity contribution in [1.29, 1.82) is 0 Å². The molecule has 2 heterocycles. The Bertz CT molecular complexity index is 543. The molecule has 2 atom stereocenters. The van der Waals surface area contributed by atoms with Crippen molar-refractivity contribution in [2.24, 2.45) is 0 Å². The van der Waals surface area contributed by atoms with Crippen molar-refractivity contribution >= 4 is 10.9 Å². The molecule has 0 N–H and O–H groups in total. The lowest BCUT2D eigenvalue weighted by Gasteiger charge is -2.40. The molecule has 2 nitrogen and oxygen atoms in total. The summed E-state index contributed by atoms with van der Waals surface area (Å²) in [6.07, 6.45) is 6.32. The third kappa shape index (κ3) is 2.42. The second kappa shape index (κ2) is 5.38. The summed E-state index contributed by atoms with van der Waals surface area (Å²) in [6.45, 7) is 6.97. The topological polar surface area (TPSA) is 8.17 Å². The monoisotopic (exact) mass is 256 g/mol. The normalized spacial score (nSPS) is 24.9. The molecule has 1 saturated heterocycles. The van der Waals surface area contributed by atoms with Crippen LogP contribution in [-0.2, 0) is 6.54 Å². The van der Waals surface area contributed by atoms with Crippen LogP contribution in [0.5, 0.6) is 0 Å². The van der Waals surface area contributed by atoms with Gasteiger partial charge in [-0.2, -0.15) is 0 Å². The van der Waals surface area contributed by atoms with Crippen LogP contribution in [0.25, 0.3) is 10.9 Å². The molecule has 3 rings (SSSR count). The maximum absolute atomic E-state index is 2.68. The molecule has 1 aromatic carbocycles. The van der Waals surface area contributed by atoms with E-state index in [0.29, 0.717) is 6.04 Å². The summed E-state index contributed by atoms with van der Waals surface area (Å²) in [6, 6.07) is 12.4. The average Bonchev–Trinajstić information content (AvgIpc) is 2.83. The molecule has 0 aliphatic carbocycles. The Kier molecular flexibility index (Phi) is 3.61. The summed E-state index contributed by atoms with van der Waals surface area (Å²) >= 11 is 0. The first kappa shape index (κ1) is 12.7. The highest BCUT2D eigenvalue weighted by Crippen LogP contribution is 2.25. The van der Waals surface area contributed by atoms with Crippen LogP contribution in [0.2, 0.25) is 0 Å². The van der Waals surface area contributed by atoms with Gasteiger partial charge in [0.25, 0.3) is 0 Å². The fraction of sp³-hybridized carbons (Fsp3) is 0.529. The van der Waals surface area contributed by atoms with Gasteiger partial charge in [0.15, 0.2) is 0 Å². The number of piperidine rings is 1. The van der Waals surface area contributed by atoms with Gasteiger partial charge in [0.2, 0.25) is 0 Å². The number of rotatable bonds is 3. The first-order valence-electron chi connectivity index (χ1n) is 7.59. The van der Waals surface area contributed by atoms with Gasteiger partial charge in [-0.05, 0) is 43.8 Å². The van der Waals surface area contributed by atoms with Crippen LogP contribution < -0.4 is 0 Å². The van der Waals surface area contributed by atoms with Crippen molar-refractivity contribution in [1.82, 2.24) is 9.47 Å².